The fraction of sp³-hybridized carbons (Fsp3) is 0.375. The number of hydrogen-bond acceptors (Lipinski definition) is 5. The van der Waals surface area contributed by atoms with E-state index in [1.54, 1.807) is 6.07 Å². The minimum atomic E-state index is -0.672. The summed E-state index contributed by atoms with van der Waals surface area (Å²) in [6.07, 6.45) is 2.78. The quantitative estimate of drug-likeness (QED) is 0.554. The van der Waals surface area contributed by atoms with E-state index in [9.17, 15) is 14.4 Å². The Balaban J connectivity index is 1.69. The zero-order valence-corrected chi connectivity index (χ0v) is 18.1. The van der Waals surface area contributed by atoms with Crippen LogP contribution >= 0.6 is 11.3 Å². The molecule has 0 bridgehead atoms. The van der Waals surface area contributed by atoms with Gasteiger partial charge < -0.3 is 4.90 Å². The third-order valence-corrected chi connectivity index (χ3v) is 7.74. The lowest BCUT2D eigenvalue weighted by Gasteiger charge is -2.38. The van der Waals surface area contributed by atoms with Crippen molar-refractivity contribution in [3.63, 3.8) is 0 Å². The second-order valence-electron chi connectivity index (χ2n) is 8.41. The van der Waals surface area contributed by atoms with E-state index in [0.717, 1.165) is 16.8 Å². The predicted molar refractivity (Wildman–Crippen MR) is 117 cm³/mol. The number of carbonyl (C=O) groups is 3. The van der Waals surface area contributed by atoms with E-state index < -0.39 is 17.9 Å². The molecule has 0 N–H and O–H groups in total. The molecular formula is C24H24N2O3S. The third kappa shape index (κ3) is 2.49. The van der Waals surface area contributed by atoms with Crippen molar-refractivity contribution < 1.29 is 14.4 Å². The van der Waals surface area contributed by atoms with Gasteiger partial charge in [0.2, 0.25) is 11.8 Å². The third-order valence-electron chi connectivity index (χ3n) is 6.85. The van der Waals surface area contributed by atoms with Gasteiger partial charge in [0.25, 0.3) is 0 Å². The Kier molecular flexibility index (Phi) is 4.43. The Morgan fingerprint density at radius 3 is 2.53 bits per heavy atom. The molecule has 1 aromatic heterocycles. The summed E-state index contributed by atoms with van der Waals surface area (Å²) < 4.78 is 0. The SMILES string of the molecule is CC[C@H](C)N1C(=O)[C@@H]2[C@H](C1=O)[C@H]1C=C(C)c3ccccc3N1[C@H]2C(=O)c1cccs1. The van der Waals surface area contributed by atoms with Gasteiger partial charge in [0.1, 0.15) is 6.04 Å². The number of ketones is 1. The molecule has 3 aliphatic rings. The number of imide groups is 1. The number of allylic oxidation sites excluding steroid dienone is 1. The molecule has 5 atom stereocenters. The summed E-state index contributed by atoms with van der Waals surface area (Å²) in [6, 6.07) is 10.5. The highest BCUT2D eigenvalue weighted by atomic mass is 32.1. The van der Waals surface area contributed by atoms with Gasteiger partial charge in [-0.1, -0.05) is 37.3 Å². The Labute approximate surface area is 180 Å². The fourth-order valence-electron chi connectivity index (χ4n) is 5.30. The summed E-state index contributed by atoms with van der Waals surface area (Å²) in [5, 5.41) is 1.87. The summed E-state index contributed by atoms with van der Waals surface area (Å²) in [6.45, 7) is 5.91. The molecule has 154 valence electrons. The molecule has 30 heavy (non-hydrogen) atoms. The van der Waals surface area contributed by atoms with Crippen LogP contribution in [0.3, 0.4) is 0 Å². The number of fused-ring (bicyclic) bond motifs is 5. The molecule has 0 unspecified atom stereocenters. The number of likely N-dealkylation sites (tertiary alicyclic amines) is 1. The molecule has 2 fully saturated rings. The number of hydrogen-bond donors (Lipinski definition) is 0. The average molecular weight is 421 g/mol. The maximum atomic E-state index is 13.7. The summed E-state index contributed by atoms with van der Waals surface area (Å²) in [4.78, 5) is 44.8. The van der Waals surface area contributed by atoms with Crippen molar-refractivity contribution in [3.8, 4) is 0 Å². The van der Waals surface area contributed by atoms with Crippen molar-refractivity contribution in [2.45, 2.75) is 45.3 Å². The van der Waals surface area contributed by atoms with Gasteiger partial charge >= 0.3 is 0 Å². The van der Waals surface area contributed by atoms with E-state index in [4.69, 9.17) is 0 Å². The molecule has 2 aromatic rings. The molecule has 1 aromatic carbocycles. The van der Waals surface area contributed by atoms with E-state index in [-0.39, 0.29) is 29.7 Å². The van der Waals surface area contributed by atoms with Crippen LogP contribution in [0.5, 0.6) is 0 Å². The highest BCUT2D eigenvalue weighted by molar-refractivity contribution is 7.12. The summed E-state index contributed by atoms with van der Waals surface area (Å²) in [5.41, 5.74) is 3.07. The Morgan fingerprint density at radius 2 is 1.83 bits per heavy atom. The molecule has 0 aliphatic carbocycles. The Bertz CT molecular complexity index is 1070. The molecule has 0 saturated carbocycles. The Morgan fingerprint density at radius 1 is 1.10 bits per heavy atom. The van der Waals surface area contributed by atoms with Crippen LogP contribution in [0, 0.1) is 11.8 Å². The molecule has 5 nitrogen and oxygen atoms in total. The molecule has 2 saturated heterocycles. The summed E-state index contributed by atoms with van der Waals surface area (Å²) >= 11 is 1.39. The van der Waals surface area contributed by atoms with E-state index >= 15 is 0 Å². The van der Waals surface area contributed by atoms with Crippen LogP contribution in [-0.4, -0.2) is 40.6 Å². The second kappa shape index (κ2) is 6.91. The van der Waals surface area contributed by atoms with Gasteiger partial charge in [-0.3, -0.25) is 19.3 Å². The molecule has 0 radical (unpaired) electrons. The van der Waals surface area contributed by atoms with Gasteiger partial charge in [0.15, 0.2) is 5.78 Å². The fourth-order valence-corrected chi connectivity index (χ4v) is 6.00. The van der Waals surface area contributed by atoms with Crippen molar-refractivity contribution in [1.82, 2.24) is 4.90 Å². The first-order chi connectivity index (χ1) is 14.5. The van der Waals surface area contributed by atoms with Crippen molar-refractivity contribution in [1.29, 1.82) is 0 Å². The molecule has 0 spiro atoms. The van der Waals surface area contributed by atoms with Gasteiger partial charge in [-0.25, -0.2) is 0 Å². The van der Waals surface area contributed by atoms with E-state index in [1.807, 2.05) is 61.4 Å². The minimum Gasteiger partial charge on any atom is -0.352 e. The second-order valence-corrected chi connectivity index (χ2v) is 9.35. The van der Waals surface area contributed by atoms with E-state index in [1.165, 1.54) is 16.2 Å². The number of amides is 2. The van der Waals surface area contributed by atoms with Crippen LogP contribution in [-0.2, 0) is 9.59 Å². The van der Waals surface area contributed by atoms with E-state index in [0.29, 0.717) is 11.3 Å². The number of para-hydroxylation sites is 1. The Hall–Kier alpha value is -2.73. The normalized spacial score (nSPS) is 28.2. The molecule has 3 aliphatic heterocycles. The van der Waals surface area contributed by atoms with Gasteiger partial charge in [-0.15, -0.1) is 11.3 Å². The van der Waals surface area contributed by atoms with Gasteiger partial charge in [0, 0.05) is 17.3 Å². The zero-order chi connectivity index (χ0) is 21.2. The van der Waals surface area contributed by atoms with Crippen LogP contribution in [0.25, 0.3) is 5.57 Å². The van der Waals surface area contributed by atoms with Gasteiger partial charge in [-0.2, -0.15) is 0 Å². The first-order valence-electron chi connectivity index (χ1n) is 10.5. The molecule has 4 heterocycles. The number of thiophene rings is 1. The lowest BCUT2D eigenvalue weighted by molar-refractivity contribution is -0.142. The average Bonchev–Trinajstić information content (AvgIpc) is 3.44. The molecule has 2 amide bonds. The minimum absolute atomic E-state index is 0.0718. The van der Waals surface area contributed by atoms with E-state index in [2.05, 4.69) is 6.08 Å². The van der Waals surface area contributed by atoms with Crippen molar-refractivity contribution in [3.05, 3.63) is 58.3 Å². The smallest absolute Gasteiger partial charge is 0.236 e. The molecular weight excluding hydrogens is 396 g/mol. The number of Topliss-reactive ketones (excluding diaryl/α,β-unsaturated/α-hetero) is 1. The maximum absolute atomic E-state index is 13.7. The number of carbonyl (C=O) groups excluding carboxylic acids is 3. The summed E-state index contributed by atoms with van der Waals surface area (Å²) in [7, 11) is 0. The lowest BCUT2D eigenvalue weighted by atomic mass is 9.86. The highest BCUT2D eigenvalue weighted by Crippen LogP contribution is 2.50. The van der Waals surface area contributed by atoms with Crippen LogP contribution < -0.4 is 4.90 Å². The topological polar surface area (TPSA) is 57.7 Å². The molecule has 5 rings (SSSR count). The van der Waals surface area contributed by atoms with Crippen molar-refractivity contribution >= 4 is 40.2 Å². The van der Waals surface area contributed by atoms with Crippen molar-refractivity contribution in [2.75, 3.05) is 4.90 Å². The largest absolute Gasteiger partial charge is 0.352 e. The first kappa shape index (κ1) is 19.2. The number of benzene rings is 1. The molecule has 6 heteroatoms. The van der Waals surface area contributed by atoms with Crippen LogP contribution in [0.15, 0.2) is 47.9 Å². The first-order valence-corrected chi connectivity index (χ1v) is 11.3. The zero-order valence-electron chi connectivity index (χ0n) is 17.2. The van der Waals surface area contributed by atoms with Crippen LogP contribution in [0.2, 0.25) is 0 Å². The standard InChI is InChI=1S/C24H24N2O3S/c1-4-14(3)25-23(28)19-17-12-13(2)15-8-5-6-9-16(15)26(17)21(20(19)24(25)29)22(27)18-10-7-11-30-18/h5-12,14,17,19-21H,4H2,1-3H3/t14-,17+,19+,20+,21+/m0/s1. The van der Waals surface area contributed by atoms with Gasteiger partial charge in [-0.05, 0) is 43.4 Å². The number of rotatable bonds is 4. The van der Waals surface area contributed by atoms with Crippen LogP contribution in [0.4, 0.5) is 5.69 Å². The number of nitrogens with zero attached hydrogens (tertiary/aromatic N) is 2. The van der Waals surface area contributed by atoms with Crippen molar-refractivity contribution in [2.24, 2.45) is 11.8 Å². The lowest BCUT2D eigenvalue weighted by Crippen LogP contribution is -2.50. The maximum Gasteiger partial charge on any atom is 0.236 e. The monoisotopic (exact) mass is 420 g/mol. The highest BCUT2D eigenvalue weighted by Gasteiger charge is 2.64. The summed E-state index contributed by atoms with van der Waals surface area (Å²) in [5.74, 6) is -1.59. The predicted octanol–water partition coefficient (Wildman–Crippen LogP) is 4.00. The number of anilines is 1. The van der Waals surface area contributed by atoms with Crippen LogP contribution in [0.1, 0.15) is 42.4 Å². The van der Waals surface area contributed by atoms with Gasteiger partial charge in [0.05, 0.1) is 22.8 Å².